The molecule has 148 valence electrons. The number of aliphatic carboxylic acids is 1. The number of unbranched alkanes of at least 4 members (excludes halogenated alkanes) is 3. The van der Waals surface area contributed by atoms with E-state index >= 15 is 0 Å². The first-order valence-corrected chi connectivity index (χ1v) is 9.85. The number of ether oxygens (including phenoxy) is 1. The van der Waals surface area contributed by atoms with Crippen LogP contribution in [0, 0.1) is 11.8 Å². The lowest BCUT2D eigenvalue weighted by atomic mass is 9.89. The Morgan fingerprint density at radius 3 is 2.67 bits per heavy atom. The van der Waals surface area contributed by atoms with Crippen molar-refractivity contribution in [1.82, 2.24) is 0 Å². The zero-order valence-corrected chi connectivity index (χ0v) is 15.8. The molecule has 0 radical (unpaired) electrons. The first-order chi connectivity index (χ1) is 13.1. The summed E-state index contributed by atoms with van der Waals surface area (Å²) in [7, 11) is 0. The monoisotopic (exact) mass is 374 g/mol. The van der Waals surface area contributed by atoms with E-state index in [1.165, 1.54) is 0 Å². The summed E-state index contributed by atoms with van der Waals surface area (Å²) in [6, 6.07) is 9.37. The summed E-state index contributed by atoms with van der Waals surface area (Å²) in [6.45, 7) is 0.190. The third kappa shape index (κ3) is 7.95. The van der Waals surface area contributed by atoms with Gasteiger partial charge in [-0.2, -0.15) is 0 Å². The number of aliphatic hydroxyl groups is 1. The molecule has 0 saturated heterocycles. The van der Waals surface area contributed by atoms with Gasteiger partial charge in [-0.25, -0.2) is 0 Å². The van der Waals surface area contributed by atoms with E-state index in [-0.39, 0.29) is 24.9 Å². The second-order valence-electron chi connectivity index (χ2n) is 7.20. The molecule has 0 aliphatic heterocycles. The quantitative estimate of drug-likeness (QED) is 0.427. The van der Waals surface area contributed by atoms with Crippen molar-refractivity contribution in [2.24, 2.45) is 11.8 Å². The van der Waals surface area contributed by atoms with Crippen molar-refractivity contribution in [3.63, 3.8) is 0 Å². The van der Waals surface area contributed by atoms with Crippen LogP contribution in [0.15, 0.2) is 42.5 Å². The third-order valence-corrected chi connectivity index (χ3v) is 5.05. The van der Waals surface area contributed by atoms with Crippen molar-refractivity contribution in [3.8, 4) is 5.75 Å². The van der Waals surface area contributed by atoms with E-state index in [9.17, 15) is 14.7 Å². The van der Waals surface area contributed by atoms with Crippen LogP contribution in [0.4, 0.5) is 0 Å². The van der Waals surface area contributed by atoms with Gasteiger partial charge in [0, 0.05) is 18.8 Å². The fourth-order valence-electron chi connectivity index (χ4n) is 3.56. The van der Waals surface area contributed by atoms with Gasteiger partial charge in [0.25, 0.3) is 0 Å². The van der Waals surface area contributed by atoms with Gasteiger partial charge in [0.15, 0.2) is 0 Å². The summed E-state index contributed by atoms with van der Waals surface area (Å²) in [5.74, 6) is 0.499. The Balaban J connectivity index is 1.70. The maximum atomic E-state index is 12.2. The van der Waals surface area contributed by atoms with E-state index in [1.54, 1.807) is 6.08 Å². The van der Waals surface area contributed by atoms with Crippen LogP contribution in [0.25, 0.3) is 0 Å². The summed E-state index contributed by atoms with van der Waals surface area (Å²) in [5, 5.41) is 18.7. The minimum absolute atomic E-state index is 0.0305. The number of carbonyl (C=O) groups excluding carboxylic acids is 1. The van der Waals surface area contributed by atoms with Crippen molar-refractivity contribution in [1.29, 1.82) is 0 Å². The Labute approximate surface area is 161 Å². The number of hydrogen-bond acceptors (Lipinski definition) is 4. The van der Waals surface area contributed by atoms with Gasteiger partial charge in [-0.1, -0.05) is 49.6 Å². The number of carboxylic acid groups (broad SMARTS) is 1. The molecule has 0 heterocycles. The van der Waals surface area contributed by atoms with E-state index in [0.29, 0.717) is 18.6 Å². The number of carboxylic acids is 1. The van der Waals surface area contributed by atoms with Crippen molar-refractivity contribution >= 4 is 11.8 Å². The molecular weight excluding hydrogens is 344 g/mol. The average molecular weight is 374 g/mol. The largest absolute Gasteiger partial charge is 0.491 e. The van der Waals surface area contributed by atoms with Gasteiger partial charge in [0.2, 0.25) is 0 Å². The smallest absolute Gasteiger partial charge is 0.303 e. The van der Waals surface area contributed by atoms with E-state index in [2.05, 4.69) is 0 Å². The number of aliphatic hydroxyl groups excluding tert-OH is 1. The number of benzene rings is 1. The number of ketones is 1. The third-order valence-electron chi connectivity index (χ3n) is 5.05. The highest BCUT2D eigenvalue weighted by Gasteiger charge is 2.32. The summed E-state index contributed by atoms with van der Waals surface area (Å²) < 4.78 is 5.54. The summed E-state index contributed by atoms with van der Waals surface area (Å²) in [6.07, 6.45) is 9.02. The Bertz CT molecular complexity index is 610. The van der Waals surface area contributed by atoms with Crippen LogP contribution in [-0.4, -0.2) is 34.7 Å². The number of carbonyl (C=O) groups is 2. The summed E-state index contributed by atoms with van der Waals surface area (Å²) >= 11 is 0. The molecule has 0 amide bonds. The molecule has 2 rings (SSSR count). The maximum absolute atomic E-state index is 12.2. The van der Waals surface area contributed by atoms with E-state index in [1.807, 2.05) is 36.4 Å². The van der Waals surface area contributed by atoms with Crippen LogP contribution in [0.3, 0.4) is 0 Å². The topological polar surface area (TPSA) is 83.8 Å². The molecule has 1 fully saturated rings. The molecule has 3 atom stereocenters. The molecule has 0 spiro atoms. The van der Waals surface area contributed by atoms with Crippen LogP contribution < -0.4 is 4.74 Å². The van der Waals surface area contributed by atoms with Gasteiger partial charge in [0.1, 0.15) is 24.2 Å². The maximum Gasteiger partial charge on any atom is 0.303 e. The fourth-order valence-corrected chi connectivity index (χ4v) is 3.56. The van der Waals surface area contributed by atoms with Crippen molar-refractivity contribution < 1.29 is 24.5 Å². The highest BCUT2D eigenvalue weighted by molar-refractivity contribution is 5.83. The summed E-state index contributed by atoms with van der Waals surface area (Å²) in [4.78, 5) is 22.7. The average Bonchev–Trinajstić information content (AvgIpc) is 3.01. The predicted molar refractivity (Wildman–Crippen MR) is 104 cm³/mol. The lowest BCUT2D eigenvalue weighted by molar-refractivity contribution is -0.137. The molecule has 5 nitrogen and oxygen atoms in total. The highest BCUT2D eigenvalue weighted by Crippen LogP contribution is 2.34. The molecule has 2 N–H and O–H groups in total. The minimum Gasteiger partial charge on any atom is -0.491 e. The molecule has 27 heavy (non-hydrogen) atoms. The first kappa shape index (κ1) is 21.2. The molecule has 0 aromatic heterocycles. The van der Waals surface area contributed by atoms with E-state index in [0.717, 1.165) is 37.9 Å². The zero-order valence-electron chi connectivity index (χ0n) is 15.8. The Hall–Kier alpha value is -2.14. The minimum atomic E-state index is -0.749. The van der Waals surface area contributed by atoms with Gasteiger partial charge in [-0.15, -0.1) is 0 Å². The van der Waals surface area contributed by atoms with Gasteiger partial charge < -0.3 is 14.9 Å². The first-order valence-electron chi connectivity index (χ1n) is 9.85. The normalized spacial score (nSPS) is 20.9. The molecule has 1 aliphatic rings. The van der Waals surface area contributed by atoms with Crippen molar-refractivity contribution in [3.05, 3.63) is 42.5 Å². The molecule has 0 bridgehead atoms. The number of Topliss-reactive ketones (excluding diaryl/α,β-unsaturated/α-hetero) is 1. The molecule has 1 aromatic carbocycles. The van der Waals surface area contributed by atoms with E-state index < -0.39 is 12.1 Å². The Morgan fingerprint density at radius 2 is 1.93 bits per heavy atom. The van der Waals surface area contributed by atoms with Crippen LogP contribution in [0.5, 0.6) is 5.75 Å². The fraction of sp³-hybridized carbons (Fsp3) is 0.545. The second kappa shape index (κ2) is 11.5. The standard InChI is InChI=1S/C22H30O5/c23-18(16-27-19-8-4-3-5-9-19)14-12-17-13-15-21(24)20(17)10-6-1-2-7-11-22(25)26/h3-5,8-9,12,14,17-18,20,23H,1-2,6-7,10-11,13,15-16H2,(H,25,26)/b14-12+. The number of para-hydroxylation sites is 1. The predicted octanol–water partition coefficient (Wildman–Crippen LogP) is 4.00. The van der Waals surface area contributed by atoms with Crippen molar-refractivity contribution in [2.45, 2.75) is 57.5 Å². The van der Waals surface area contributed by atoms with Gasteiger partial charge in [-0.3, -0.25) is 9.59 Å². The molecule has 1 saturated carbocycles. The van der Waals surface area contributed by atoms with Crippen molar-refractivity contribution in [2.75, 3.05) is 6.61 Å². The van der Waals surface area contributed by atoms with Gasteiger partial charge in [0.05, 0.1) is 0 Å². The number of rotatable bonds is 12. The van der Waals surface area contributed by atoms with Gasteiger partial charge >= 0.3 is 5.97 Å². The zero-order chi connectivity index (χ0) is 19.5. The van der Waals surface area contributed by atoms with Crippen LogP contribution in [0.2, 0.25) is 0 Å². The Morgan fingerprint density at radius 1 is 1.19 bits per heavy atom. The SMILES string of the molecule is O=C(O)CCCCCCC1C(=O)CCC1/C=C/C(O)COc1ccccc1. The van der Waals surface area contributed by atoms with E-state index in [4.69, 9.17) is 9.84 Å². The number of allylic oxidation sites excluding steroid dienone is 1. The lowest BCUT2D eigenvalue weighted by Crippen LogP contribution is -2.17. The Kier molecular flexibility index (Phi) is 9.05. The molecule has 3 unspecified atom stereocenters. The molecule has 5 heteroatoms. The molecular formula is C22H30O5. The molecule has 1 aromatic rings. The second-order valence-corrected chi connectivity index (χ2v) is 7.20. The highest BCUT2D eigenvalue weighted by atomic mass is 16.5. The molecule has 1 aliphatic carbocycles. The van der Waals surface area contributed by atoms with Crippen LogP contribution in [-0.2, 0) is 9.59 Å². The van der Waals surface area contributed by atoms with Crippen LogP contribution in [0.1, 0.15) is 51.4 Å². The number of hydrogen-bond donors (Lipinski definition) is 2. The lowest BCUT2D eigenvalue weighted by Gasteiger charge is -2.15. The van der Waals surface area contributed by atoms with Gasteiger partial charge in [-0.05, 0) is 37.3 Å². The summed E-state index contributed by atoms with van der Waals surface area (Å²) in [5.41, 5.74) is 0. The van der Waals surface area contributed by atoms with Crippen LogP contribution >= 0.6 is 0 Å².